The largest absolute Gasteiger partial charge is 0.416 e. The number of carbonyl (C=O) groups is 1. The van der Waals surface area contributed by atoms with Gasteiger partial charge in [0.1, 0.15) is 5.56 Å². The summed E-state index contributed by atoms with van der Waals surface area (Å²) < 4.78 is 37.9. The molecule has 8 heteroatoms. The third kappa shape index (κ3) is 4.09. The van der Waals surface area contributed by atoms with Gasteiger partial charge in [-0.15, -0.1) is 0 Å². The highest BCUT2D eigenvalue weighted by Crippen LogP contribution is 2.33. The van der Waals surface area contributed by atoms with E-state index in [-0.39, 0.29) is 6.54 Å². The van der Waals surface area contributed by atoms with E-state index in [9.17, 15) is 28.1 Å². The van der Waals surface area contributed by atoms with Crippen LogP contribution in [0.25, 0.3) is 0 Å². The van der Waals surface area contributed by atoms with Crippen LogP contribution < -0.4 is 5.32 Å². The molecule has 0 saturated heterocycles. The van der Waals surface area contributed by atoms with Crippen molar-refractivity contribution in [2.24, 2.45) is 0 Å². The van der Waals surface area contributed by atoms with Crippen LogP contribution in [-0.4, -0.2) is 10.8 Å². The highest BCUT2D eigenvalue weighted by molar-refractivity contribution is 5.98. The second-order valence-electron chi connectivity index (χ2n) is 5.16. The standard InChI is InChI=1S/C16H13F3N2O3/c1-10-2-4-11(5-3-10)9-20-15(22)13-7-6-12(16(17,18)19)8-14(13)21(23)24/h2-8H,9H2,1H3,(H,20,22). The summed E-state index contributed by atoms with van der Waals surface area (Å²) in [6.45, 7) is 2.01. The van der Waals surface area contributed by atoms with Crippen molar-refractivity contribution in [3.05, 3.63) is 74.8 Å². The number of hydrogen-bond donors (Lipinski definition) is 1. The van der Waals surface area contributed by atoms with Crippen LogP contribution in [0.4, 0.5) is 18.9 Å². The van der Waals surface area contributed by atoms with E-state index in [2.05, 4.69) is 5.32 Å². The second kappa shape index (κ2) is 6.69. The number of halogens is 3. The van der Waals surface area contributed by atoms with Crippen molar-refractivity contribution in [3.63, 3.8) is 0 Å². The number of carbonyl (C=O) groups excluding carboxylic acids is 1. The van der Waals surface area contributed by atoms with Gasteiger partial charge < -0.3 is 5.32 Å². The van der Waals surface area contributed by atoms with E-state index in [0.29, 0.717) is 12.1 Å². The predicted molar refractivity (Wildman–Crippen MR) is 80.4 cm³/mol. The molecule has 0 bridgehead atoms. The fraction of sp³-hybridized carbons (Fsp3) is 0.188. The molecule has 0 aliphatic heterocycles. The number of amides is 1. The molecule has 0 aliphatic carbocycles. The molecule has 0 fully saturated rings. The molecule has 5 nitrogen and oxygen atoms in total. The van der Waals surface area contributed by atoms with Crippen molar-refractivity contribution in [1.29, 1.82) is 0 Å². The summed E-state index contributed by atoms with van der Waals surface area (Å²) in [5, 5.41) is 13.4. The molecule has 0 aromatic heterocycles. The lowest BCUT2D eigenvalue weighted by Crippen LogP contribution is -2.24. The lowest BCUT2D eigenvalue weighted by Gasteiger charge is -2.09. The Morgan fingerprint density at radius 1 is 1.17 bits per heavy atom. The number of alkyl halides is 3. The van der Waals surface area contributed by atoms with Gasteiger partial charge >= 0.3 is 6.18 Å². The van der Waals surface area contributed by atoms with E-state index in [1.54, 1.807) is 12.1 Å². The van der Waals surface area contributed by atoms with Crippen molar-refractivity contribution in [1.82, 2.24) is 5.32 Å². The lowest BCUT2D eigenvalue weighted by molar-refractivity contribution is -0.385. The zero-order valence-electron chi connectivity index (χ0n) is 12.6. The number of hydrogen-bond acceptors (Lipinski definition) is 3. The molecule has 1 amide bonds. The minimum atomic E-state index is -4.72. The average Bonchev–Trinajstić information content (AvgIpc) is 2.52. The fourth-order valence-corrected chi connectivity index (χ4v) is 2.03. The maximum atomic E-state index is 12.6. The van der Waals surface area contributed by atoms with Crippen LogP contribution in [0.3, 0.4) is 0 Å². The summed E-state index contributed by atoms with van der Waals surface area (Å²) >= 11 is 0. The van der Waals surface area contributed by atoms with Crippen LogP contribution in [0.15, 0.2) is 42.5 Å². The molecule has 2 rings (SSSR count). The third-order valence-corrected chi connectivity index (χ3v) is 3.34. The van der Waals surface area contributed by atoms with Gasteiger partial charge in [-0.05, 0) is 24.6 Å². The molecule has 126 valence electrons. The van der Waals surface area contributed by atoms with E-state index in [0.717, 1.165) is 17.2 Å². The number of nitrogens with one attached hydrogen (secondary N) is 1. The Labute approximate surface area is 135 Å². The Balaban J connectivity index is 2.22. The van der Waals surface area contributed by atoms with Crippen molar-refractivity contribution in [2.75, 3.05) is 0 Å². The Bertz CT molecular complexity index is 771. The molecule has 0 unspecified atom stereocenters. The first kappa shape index (κ1) is 17.5. The SMILES string of the molecule is Cc1ccc(CNC(=O)c2ccc(C(F)(F)F)cc2[N+](=O)[O-])cc1. The van der Waals surface area contributed by atoms with Crippen molar-refractivity contribution in [2.45, 2.75) is 19.6 Å². The second-order valence-corrected chi connectivity index (χ2v) is 5.16. The number of rotatable bonds is 4. The number of aryl methyl sites for hydroxylation is 1. The molecule has 0 saturated carbocycles. The first-order valence-corrected chi connectivity index (χ1v) is 6.88. The van der Waals surface area contributed by atoms with Gasteiger partial charge in [-0.25, -0.2) is 0 Å². The summed E-state index contributed by atoms with van der Waals surface area (Å²) in [5.74, 6) is -0.809. The van der Waals surface area contributed by atoms with Gasteiger partial charge in [-0.2, -0.15) is 13.2 Å². The van der Waals surface area contributed by atoms with Gasteiger partial charge in [0, 0.05) is 12.6 Å². The van der Waals surface area contributed by atoms with E-state index in [1.807, 2.05) is 19.1 Å². The van der Waals surface area contributed by atoms with Crippen LogP contribution in [0.1, 0.15) is 27.0 Å². The summed E-state index contributed by atoms with van der Waals surface area (Å²) in [7, 11) is 0. The van der Waals surface area contributed by atoms with Crippen LogP contribution in [-0.2, 0) is 12.7 Å². The Hall–Kier alpha value is -2.90. The molecule has 2 aromatic rings. The minimum absolute atomic E-state index is 0.108. The lowest BCUT2D eigenvalue weighted by atomic mass is 10.1. The Morgan fingerprint density at radius 3 is 2.33 bits per heavy atom. The van der Waals surface area contributed by atoms with Crippen molar-refractivity contribution < 1.29 is 22.9 Å². The highest BCUT2D eigenvalue weighted by atomic mass is 19.4. The van der Waals surface area contributed by atoms with E-state index < -0.39 is 33.8 Å². The molecule has 0 heterocycles. The maximum absolute atomic E-state index is 12.6. The van der Waals surface area contributed by atoms with E-state index in [1.165, 1.54) is 0 Å². The quantitative estimate of drug-likeness (QED) is 0.680. The zero-order valence-corrected chi connectivity index (χ0v) is 12.6. The highest BCUT2D eigenvalue weighted by Gasteiger charge is 2.33. The van der Waals surface area contributed by atoms with Crippen molar-refractivity contribution >= 4 is 11.6 Å². The molecular formula is C16H13F3N2O3. The van der Waals surface area contributed by atoms with Gasteiger partial charge in [-0.3, -0.25) is 14.9 Å². The molecule has 2 aromatic carbocycles. The van der Waals surface area contributed by atoms with E-state index >= 15 is 0 Å². The zero-order chi connectivity index (χ0) is 17.9. The third-order valence-electron chi connectivity index (χ3n) is 3.34. The molecule has 0 spiro atoms. The summed E-state index contributed by atoms with van der Waals surface area (Å²) in [6.07, 6.45) is -4.72. The smallest absolute Gasteiger partial charge is 0.348 e. The van der Waals surface area contributed by atoms with Crippen molar-refractivity contribution in [3.8, 4) is 0 Å². The van der Waals surface area contributed by atoms with Crippen LogP contribution >= 0.6 is 0 Å². The minimum Gasteiger partial charge on any atom is -0.348 e. The number of nitro groups is 1. The van der Waals surface area contributed by atoms with Crippen LogP contribution in [0.5, 0.6) is 0 Å². The van der Waals surface area contributed by atoms with Gasteiger partial charge in [0.2, 0.25) is 0 Å². The Kier molecular flexibility index (Phi) is 4.87. The van der Waals surface area contributed by atoms with E-state index in [4.69, 9.17) is 0 Å². The number of nitro benzene ring substituents is 1. The summed E-state index contributed by atoms with van der Waals surface area (Å²) in [6, 6.07) is 9.04. The first-order valence-electron chi connectivity index (χ1n) is 6.88. The fourth-order valence-electron chi connectivity index (χ4n) is 2.03. The summed E-state index contributed by atoms with van der Waals surface area (Å²) in [4.78, 5) is 22.0. The molecule has 0 atom stereocenters. The number of benzene rings is 2. The van der Waals surface area contributed by atoms with Crippen LogP contribution in [0, 0.1) is 17.0 Å². The molecule has 24 heavy (non-hydrogen) atoms. The Morgan fingerprint density at radius 2 is 1.79 bits per heavy atom. The monoisotopic (exact) mass is 338 g/mol. The van der Waals surface area contributed by atoms with Gasteiger partial charge in [0.25, 0.3) is 11.6 Å². The predicted octanol–water partition coefficient (Wildman–Crippen LogP) is 3.85. The van der Waals surface area contributed by atoms with Gasteiger partial charge in [-0.1, -0.05) is 29.8 Å². The van der Waals surface area contributed by atoms with Crippen LogP contribution in [0.2, 0.25) is 0 Å². The maximum Gasteiger partial charge on any atom is 0.416 e. The normalized spacial score (nSPS) is 11.2. The first-order chi connectivity index (χ1) is 11.2. The van der Waals surface area contributed by atoms with Gasteiger partial charge in [0.05, 0.1) is 10.5 Å². The average molecular weight is 338 g/mol. The molecule has 1 N–H and O–H groups in total. The number of nitrogens with zero attached hydrogens (tertiary/aromatic N) is 1. The molecule has 0 radical (unpaired) electrons. The molecular weight excluding hydrogens is 325 g/mol. The molecule has 0 aliphatic rings. The summed E-state index contributed by atoms with van der Waals surface area (Å²) in [5.41, 5.74) is -0.678. The topological polar surface area (TPSA) is 72.2 Å². The van der Waals surface area contributed by atoms with Gasteiger partial charge in [0.15, 0.2) is 0 Å².